The van der Waals surface area contributed by atoms with Crippen molar-refractivity contribution in [2.75, 3.05) is 11.9 Å². The Morgan fingerprint density at radius 3 is 2.95 bits per heavy atom. The molecule has 0 fully saturated rings. The first kappa shape index (κ1) is 14.6. The number of hydrogen-bond donors (Lipinski definition) is 2. The summed E-state index contributed by atoms with van der Waals surface area (Å²) in [6.07, 6.45) is 1.58. The van der Waals surface area contributed by atoms with Crippen LogP contribution < -0.4 is 10.9 Å². The lowest BCUT2D eigenvalue weighted by atomic mass is 10.1. The fourth-order valence-corrected chi connectivity index (χ4v) is 2.93. The molecule has 0 aliphatic carbocycles. The second-order valence-electron chi connectivity index (χ2n) is 4.66. The molecule has 3 aromatic rings. The molecular formula is C14H14N4O3S. The molecular weight excluding hydrogens is 304 g/mol. The molecule has 3 rings (SSSR count). The van der Waals surface area contributed by atoms with Crippen LogP contribution in [0.4, 0.5) is 5.13 Å². The van der Waals surface area contributed by atoms with Crippen molar-refractivity contribution >= 4 is 27.4 Å². The number of aryl methyl sites for hydroxylation is 1. The van der Waals surface area contributed by atoms with Gasteiger partial charge in [0.1, 0.15) is 0 Å². The van der Waals surface area contributed by atoms with Gasteiger partial charge in [0.25, 0.3) is 0 Å². The summed E-state index contributed by atoms with van der Waals surface area (Å²) in [6.45, 7) is 4.24. The third kappa shape index (κ3) is 2.46. The molecule has 3 aromatic heterocycles. The average molecular weight is 318 g/mol. The van der Waals surface area contributed by atoms with Crippen molar-refractivity contribution in [1.82, 2.24) is 15.2 Å². The van der Waals surface area contributed by atoms with Crippen LogP contribution in [-0.4, -0.2) is 26.8 Å². The number of nitrogens with one attached hydrogen (secondary N) is 1. The monoisotopic (exact) mass is 318 g/mol. The molecule has 0 aliphatic rings. The van der Waals surface area contributed by atoms with Crippen LogP contribution in [0.15, 0.2) is 21.5 Å². The highest BCUT2D eigenvalue weighted by Gasteiger charge is 2.16. The molecule has 0 saturated heterocycles. The van der Waals surface area contributed by atoms with Crippen LogP contribution in [0.5, 0.6) is 0 Å². The Morgan fingerprint density at radius 1 is 1.41 bits per heavy atom. The van der Waals surface area contributed by atoms with E-state index >= 15 is 0 Å². The fraction of sp³-hybridized carbons (Fsp3) is 0.286. The van der Waals surface area contributed by atoms with Gasteiger partial charge in [0.2, 0.25) is 5.13 Å². The lowest BCUT2D eigenvalue weighted by molar-refractivity contribution is 0.282. The summed E-state index contributed by atoms with van der Waals surface area (Å²) in [5.41, 5.74) is 1.42. The molecule has 0 spiro atoms. The zero-order valence-corrected chi connectivity index (χ0v) is 12.9. The second kappa shape index (κ2) is 5.82. The highest BCUT2D eigenvalue weighted by molar-refractivity contribution is 7.18. The average Bonchev–Trinajstić information content (AvgIpc) is 2.96. The number of nitrogens with zero attached hydrogens (tertiary/aromatic N) is 3. The van der Waals surface area contributed by atoms with Crippen LogP contribution in [0.3, 0.4) is 0 Å². The maximum atomic E-state index is 12.2. The SMILES string of the molecule is CCNc1nnc(-c2cc3c(CO)cnc(C)c3oc2=O)s1. The molecule has 7 nitrogen and oxygen atoms in total. The first-order chi connectivity index (χ1) is 10.6. The molecule has 0 radical (unpaired) electrons. The van der Waals surface area contributed by atoms with E-state index in [4.69, 9.17) is 4.42 Å². The second-order valence-corrected chi connectivity index (χ2v) is 5.64. The Balaban J connectivity index is 2.21. The topological polar surface area (TPSA) is 101 Å². The smallest absolute Gasteiger partial charge is 0.346 e. The third-order valence-electron chi connectivity index (χ3n) is 3.19. The highest BCUT2D eigenvalue weighted by atomic mass is 32.1. The van der Waals surface area contributed by atoms with Gasteiger partial charge in [-0.05, 0) is 19.9 Å². The number of aromatic nitrogens is 3. The molecule has 0 amide bonds. The van der Waals surface area contributed by atoms with Crippen LogP contribution in [-0.2, 0) is 6.61 Å². The molecule has 3 heterocycles. The van der Waals surface area contributed by atoms with Crippen LogP contribution in [0.1, 0.15) is 18.2 Å². The van der Waals surface area contributed by atoms with Gasteiger partial charge in [0.15, 0.2) is 10.6 Å². The summed E-state index contributed by atoms with van der Waals surface area (Å²) in [5, 5.41) is 22.3. The lowest BCUT2D eigenvalue weighted by Gasteiger charge is -2.05. The van der Waals surface area contributed by atoms with E-state index in [9.17, 15) is 9.90 Å². The largest absolute Gasteiger partial charge is 0.420 e. The van der Waals surface area contributed by atoms with Crippen molar-refractivity contribution in [2.24, 2.45) is 0 Å². The third-order valence-corrected chi connectivity index (χ3v) is 4.10. The van der Waals surface area contributed by atoms with Gasteiger partial charge < -0.3 is 14.8 Å². The summed E-state index contributed by atoms with van der Waals surface area (Å²) >= 11 is 1.28. The Morgan fingerprint density at radius 2 is 2.23 bits per heavy atom. The standard InChI is InChI=1S/C14H14N4O3S/c1-3-15-14-18-17-12(22-14)10-4-9-8(6-19)5-16-7(2)11(9)21-13(10)20/h4-5,19H,3,6H2,1-2H3,(H,15,18). The van der Waals surface area contributed by atoms with E-state index < -0.39 is 5.63 Å². The Bertz CT molecular complexity index is 887. The first-order valence-electron chi connectivity index (χ1n) is 6.75. The molecule has 0 saturated carbocycles. The van der Waals surface area contributed by atoms with Gasteiger partial charge in [0.05, 0.1) is 17.9 Å². The summed E-state index contributed by atoms with van der Waals surface area (Å²) < 4.78 is 5.38. The van der Waals surface area contributed by atoms with Gasteiger partial charge in [-0.1, -0.05) is 11.3 Å². The molecule has 0 atom stereocenters. The van der Waals surface area contributed by atoms with E-state index in [-0.39, 0.29) is 6.61 Å². The van der Waals surface area contributed by atoms with Gasteiger partial charge in [-0.3, -0.25) is 4.98 Å². The minimum Gasteiger partial charge on any atom is -0.420 e. The quantitative estimate of drug-likeness (QED) is 0.758. The van der Waals surface area contributed by atoms with Crippen molar-refractivity contribution in [3.63, 3.8) is 0 Å². The predicted molar refractivity (Wildman–Crippen MR) is 84.0 cm³/mol. The maximum absolute atomic E-state index is 12.2. The minimum atomic E-state index is -0.494. The fourth-order valence-electron chi connectivity index (χ4n) is 2.11. The van der Waals surface area contributed by atoms with Crippen molar-refractivity contribution in [3.8, 4) is 10.6 Å². The van der Waals surface area contributed by atoms with Gasteiger partial charge in [-0.25, -0.2) is 4.79 Å². The van der Waals surface area contributed by atoms with Gasteiger partial charge >= 0.3 is 5.63 Å². The Labute approximate surface area is 129 Å². The molecule has 0 bridgehead atoms. The number of fused-ring (bicyclic) bond motifs is 1. The number of aliphatic hydroxyl groups excluding tert-OH is 1. The van der Waals surface area contributed by atoms with Crippen LogP contribution in [0, 0.1) is 6.92 Å². The van der Waals surface area contributed by atoms with Gasteiger partial charge in [-0.2, -0.15) is 0 Å². The van der Waals surface area contributed by atoms with Crippen LogP contribution in [0.2, 0.25) is 0 Å². The predicted octanol–water partition coefficient (Wildman–Crippen LogP) is 1.94. The molecule has 8 heteroatoms. The number of anilines is 1. The van der Waals surface area contributed by atoms with Crippen molar-refractivity contribution in [1.29, 1.82) is 0 Å². The van der Waals surface area contributed by atoms with Crippen molar-refractivity contribution < 1.29 is 9.52 Å². The van der Waals surface area contributed by atoms with Crippen LogP contribution >= 0.6 is 11.3 Å². The number of hydrogen-bond acceptors (Lipinski definition) is 8. The van der Waals surface area contributed by atoms with Gasteiger partial charge in [-0.15, -0.1) is 10.2 Å². The molecule has 22 heavy (non-hydrogen) atoms. The molecule has 114 valence electrons. The van der Waals surface area contributed by atoms with E-state index in [2.05, 4.69) is 20.5 Å². The normalized spacial score (nSPS) is 11.0. The van der Waals surface area contributed by atoms with E-state index in [1.807, 2.05) is 6.92 Å². The Hall–Kier alpha value is -2.32. The van der Waals surface area contributed by atoms with Gasteiger partial charge in [0, 0.05) is 23.7 Å². The number of rotatable bonds is 4. The van der Waals surface area contributed by atoms with Crippen molar-refractivity contribution in [3.05, 3.63) is 33.9 Å². The summed E-state index contributed by atoms with van der Waals surface area (Å²) in [5.74, 6) is 0. The van der Waals surface area contributed by atoms with Crippen LogP contribution in [0.25, 0.3) is 21.5 Å². The molecule has 0 aromatic carbocycles. The summed E-state index contributed by atoms with van der Waals surface area (Å²) in [4.78, 5) is 16.3. The van der Waals surface area contributed by atoms with E-state index in [1.165, 1.54) is 11.3 Å². The lowest BCUT2D eigenvalue weighted by Crippen LogP contribution is -2.05. The van der Waals surface area contributed by atoms with E-state index in [1.54, 1.807) is 19.2 Å². The first-order valence-corrected chi connectivity index (χ1v) is 7.56. The zero-order valence-electron chi connectivity index (χ0n) is 12.1. The van der Waals surface area contributed by atoms with E-state index in [0.717, 1.165) is 6.54 Å². The van der Waals surface area contributed by atoms with Crippen molar-refractivity contribution in [2.45, 2.75) is 20.5 Å². The summed E-state index contributed by atoms with van der Waals surface area (Å²) in [6, 6.07) is 1.68. The summed E-state index contributed by atoms with van der Waals surface area (Å²) in [7, 11) is 0. The molecule has 0 aliphatic heterocycles. The Kier molecular flexibility index (Phi) is 3.86. The number of pyridine rings is 1. The highest BCUT2D eigenvalue weighted by Crippen LogP contribution is 2.28. The molecule has 2 N–H and O–H groups in total. The zero-order chi connectivity index (χ0) is 15.7. The van der Waals surface area contributed by atoms with E-state index in [0.29, 0.717) is 37.9 Å². The maximum Gasteiger partial charge on any atom is 0.346 e. The minimum absolute atomic E-state index is 0.185. The molecule has 0 unspecified atom stereocenters. The number of aliphatic hydroxyl groups is 1.